The molecule has 1 fully saturated rings. The maximum absolute atomic E-state index is 13.3. The minimum atomic E-state index is -0.0923. The zero-order valence-electron chi connectivity index (χ0n) is 20.3. The van der Waals surface area contributed by atoms with E-state index in [1.54, 1.807) is 22.9 Å². The number of thiazole rings is 1. The van der Waals surface area contributed by atoms with Gasteiger partial charge in [0.25, 0.3) is 5.91 Å². The molecule has 8 nitrogen and oxygen atoms in total. The fourth-order valence-electron chi connectivity index (χ4n) is 3.90. The summed E-state index contributed by atoms with van der Waals surface area (Å²) in [7, 11) is 0. The van der Waals surface area contributed by atoms with E-state index >= 15 is 0 Å². The Bertz CT molecular complexity index is 1280. The average Bonchev–Trinajstić information content (AvgIpc) is 3.28. The summed E-state index contributed by atoms with van der Waals surface area (Å²) >= 11 is 3.12. The molecule has 0 atom stereocenters. The Morgan fingerprint density at radius 3 is 2.43 bits per heavy atom. The zero-order chi connectivity index (χ0) is 25.1. The number of nitrogens with one attached hydrogen (secondary N) is 1. The van der Waals surface area contributed by atoms with Crippen LogP contribution in [-0.2, 0) is 4.79 Å². The van der Waals surface area contributed by atoms with Crippen LogP contribution >= 0.6 is 23.1 Å². The highest BCUT2D eigenvalue weighted by Crippen LogP contribution is 2.37. The second-order valence-electron chi connectivity index (χ2n) is 8.41. The van der Waals surface area contributed by atoms with Crippen molar-refractivity contribution < 1.29 is 9.59 Å². The Hall–Kier alpha value is -3.24. The molecule has 0 radical (unpaired) electrons. The third-order valence-corrected chi connectivity index (χ3v) is 7.97. The van der Waals surface area contributed by atoms with Crippen LogP contribution in [0.15, 0.2) is 46.3 Å². The molecular formula is C25H28N6O2S2. The lowest BCUT2D eigenvalue weighted by atomic mass is 10.0. The third kappa shape index (κ3) is 5.71. The minimum Gasteiger partial charge on any atom is -0.336 e. The van der Waals surface area contributed by atoms with E-state index in [2.05, 4.69) is 39.8 Å². The molecule has 1 aliphatic rings. The first kappa shape index (κ1) is 24.9. The van der Waals surface area contributed by atoms with E-state index < -0.39 is 0 Å². The number of hydrogen-bond donors (Lipinski definition) is 1. The summed E-state index contributed by atoms with van der Waals surface area (Å²) in [6.07, 6.45) is 4.87. The normalized spacial score (nSPS) is 13.6. The predicted octanol–water partition coefficient (Wildman–Crippen LogP) is 4.53. The van der Waals surface area contributed by atoms with Crippen molar-refractivity contribution in [2.24, 2.45) is 0 Å². The molecule has 0 saturated carbocycles. The fraction of sp³-hybridized carbons (Fsp3) is 0.320. The van der Waals surface area contributed by atoms with Gasteiger partial charge in [0.05, 0.1) is 28.0 Å². The molecule has 0 spiro atoms. The Morgan fingerprint density at radius 2 is 1.74 bits per heavy atom. The lowest BCUT2D eigenvalue weighted by Gasteiger charge is -2.34. The van der Waals surface area contributed by atoms with Gasteiger partial charge in [-0.25, -0.2) is 9.97 Å². The van der Waals surface area contributed by atoms with Gasteiger partial charge in [-0.3, -0.25) is 14.6 Å². The summed E-state index contributed by atoms with van der Waals surface area (Å²) < 4.78 is 1.01. The zero-order valence-corrected chi connectivity index (χ0v) is 21.9. The van der Waals surface area contributed by atoms with Gasteiger partial charge >= 0.3 is 0 Å². The van der Waals surface area contributed by atoms with Gasteiger partial charge in [-0.1, -0.05) is 35.7 Å². The smallest absolute Gasteiger partial charge is 0.254 e. The highest BCUT2D eigenvalue weighted by Gasteiger charge is 2.25. The SMILES string of the molecule is C=CC(=O)N1CCN(C(=O)c2cc(Sc3cnc(Nc4ncc(C)nc4C)s3)c(C)cc2C)CC1. The average molecular weight is 509 g/mol. The van der Waals surface area contributed by atoms with Crippen LogP contribution in [0.4, 0.5) is 10.9 Å². The van der Waals surface area contributed by atoms with Crippen LogP contribution in [0.25, 0.3) is 0 Å². The second-order valence-corrected chi connectivity index (χ2v) is 10.8. The van der Waals surface area contributed by atoms with Crippen molar-refractivity contribution in [2.75, 3.05) is 31.5 Å². The van der Waals surface area contributed by atoms with Gasteiger partial charge < -0.3 is 15.1 Å². The minimum absolute atomic E-state index is 0.00451. The number of aryl methyl sites for hydroxylation is 4. The Labute approximate surface area is 213 Å². The molecule has 182 valence electrons. The molecule has 10 heteroatoms. The predicted molar refractivity (Wildman–Crippen MR) is 140 cm³/mol. The van der Waals surface area contributed by atoms with Gasteiger partial charge in [-0.05, 0) is 51.0 Å². The standard InChI is InChI=1S/C25H28N6O2S2/c1-6-21(32)30-7-9-31(10-8-30)24(33)19-12-20(16(3)11-15(19)2)34-22-14-27-25(35-22)29-23-18(5)28-17(4)13-26-23/h6,11-14H,1,7-10H2,2-5H3,(H,26,27,29). The number of nitrogens with zero attached hydrogens (tertiary/aromatic N) is 5. The van der Waals surface area contributed by atoms with E-state index in [0.29, 0.717) is 37.6 Å². The number of benzene rings is 1. The van der Waals surface area contributed by atoms with Crippen molar-refractivity contribution in [3.05, 3.63) is 65.3 Å². The summed E-state index contributed by atoms with van der Waals surface area (Å²) in [5.74, 6) is 0.594. The van der Waals surface area contributed by atoms with Gasteiger partial charge in [0.1, 0.15) is 0 Å². The maximum atomic E-state index is 13.3. The number of rotatable bonds is 6. The van der Waals surface area contributed by atoms with Crippen LogP contribution in [0.1, 0.15) is 32.9 Å². The van der Waals surface area contributed by atoms with Crippen molar-refractivity contribution in [3.8, 4) is 0 Å². The Morgan fingerprint density at radius 1 is 1.03 bits per heavy atom. The second kappa shape index (κ2) is 10.6. The first-order valence-electron chi connectivity index (χ1n) is 11.3. The van der Waals surface area contributed by atoms with Crippen LogP contribution in [0.2, 0.25) is 0 Å². The molecule has 0 bridgehead atoms. The molecule has 3 heterocycles. The maximum Gasteiger partial charge on any atom is 0.254 e. The molecule has 2 aromatic heterocycles. The lowest BCUT2D eigenvalue weighted by Crippen LogP contribution is -2.50. The molecule has 1 aliphatic heterocycles. The number of carbonyl (C=O) groups is 2. The summed E-state index contributed by atoms with van der Waals surface area (Å²) in [6.45, 7) is 13.4. The van der Waals surface area contributed by atoms with Crippen LogP contribution in [0.3, 0.4) is 0 Å². The van der Waals surface area contributed by atoms with E-state index in [1.165, 1.54) is 17.4 Å². The number of hydrogen-bond acceptors (Lipinski definition) is 8. The quantitative estimate of drug-likeness (QED) is 0.489. The van der Waals surface area contributed by atoms with Crippen molar-refractivity contribution in [2.45, 2.75) is 36.8 Å². The van der Waals surface area contributed by atoms with Crippen molar-refractivity contribution >= 4 is 45.9 Å². The monoisotopic (exact) mass is 508 g/mol. The number of aromatic nitrogens is 3. The highest BCUT2D eigenvalue weighted by atomic mass is 32.2. The van der Waals surface area contributed by atoms with Crippen molar-refractivity contribution in [3.63, 3.8) is 0 Å². The molecular weight excluding hydrogens is 480 g/mol. The molecule has 1 aromatic carbocycles. The number of piperazine rings is 1. The van der Waals surface area contributed by atoms with Crippen LogP contribution in [0.5, 0.6) is 0 Å². The van der Waals surface area contributed by atoms with Crippen LogP contribution in [0, 0.1) is 27.7 Å². The largest absolute Gasteiger partial charge is 0.336 e. The van der Waals surface area contributed by atoms with Crippen LogP contribution < -0.4 is 5.32 Å². The van der Waals surface area contributed by atoms with Gasteiger partial charge in [-0.2, -0.15) is 0 Å². The molecule has 35 heavy (non-hydrogen) atoms. The molecule has 3 aromatic rings. The van der Waals surface area contributed by atoms with Crippen LogP contribution in [-0.4, -0.2) is 62.7 Å². The highest BCUT2D eigenvalue weighted by molar-refractivity contribution is 8.01. The van der Waals surface area contributed by atoms with E-state index in [-0.39, 0.29) is 11.8 Å². The first-order valence-corrected chi connectivity index (χ1v) is 12.9. The summed E-state index contributed by atoms with van der Waals surface area (Å²) in [5.41, 5.74) is 4.43. The summed E-state index contributed by atoms with van der Waals surface area (Å²) in [6, 6.07) is 4.03. The van der Waals surface area contributed by atoms with E-state index in [0.717, 1.165) is 36.8 Å². The first-order chi connectivity index (χ1) is 16.7. The lowest BCUT2D eigenvalue weighted by molar-refractivity contribution is -0.127. The van der Waals surface area contributed by atoms with Crippen molar-refractivity contribution in [1.29, 1.82) is 0 Å². The Kier molecular flexibility index (Phi) is 7.51. The molecule has 1 saturated heterocycles. The molecule has 0 aliphatic carbocycles. The van der Waals surface area contributed by atoms with E-state index in [4.69, 9.17) is 0 Å². The number of amides is 2. The summed E-state index contributed by atoms with van der Waals surface area (Å²) in [4.78, 5) is 43.0. The van der Waals surface area contributed by atoms with Gasteiger partial charge in [0.15, 0.2) is 10.9 Å². The fourth-order valence-corrected chi connectivity index (χ4v) is 5.84. The molecule has 0 unspecified atom stereocenters. The third-order valence-electron chi connectivity index (χ3n) is 5.79. The molecule has 2 amide bonds. The van der Waals surface area contributed by atoms with Crippen molar-refractivity contribution in [1.82, 2.24) is 24.8 Å². The van der Waals surface area contributed by atoms with E-state index in [1.807, 2.05) is 37.9 Å². The topological polar surface area (TPSA) is 91.3 Å². The summed E-state index contributed by atoms with van der Waals surface area (Å²) in [5, 5.41) is 3.98. The molecule has 4 rings (SSSR count). The van der Waals surface area contributed by atoms with Gasteiger partial charge in [-0.15, -0.1) is 0 Å². The van der Waals surface area contributed by atoms with Gasteiger partial charge in [0.2, 0.25) is 5.91 Å². The van der Waals surface area contributed by atoms with Gasteiger partial charge in [0, 0.05) is 36.6 Å². The number of carbonyl (C=O) groups excluding carboxylic acids is 2. The molecule has 1 N–H and O–H groups in total. The number of anilines is 2. The van der Waals surface area contributed by atoms with E-state index in [9.17, 15) is 9.59 Å². The Balaban J connectivity index is 1.47.